The van der Waals surface area contributed by atoms with E-state index >= 15 is 0 Å². The van der Waals surface area contributed by atoms with Gasteiger partial charge < -0.3 is 14.2 Å². The van der Waals surface area contributed by atoms with Gasteiger partial charge in [-0.25, -0.2) is 0 Å². The topological polar surface area (TPSA) is 108 Å². The Bertz CT molecular complexity index is 1110. The third-order valence-electron chi connectivity index (χ3n) is 4.76. The maximum absolute atomic E-state index is 12.6. The summed E-state index contributed by atoms with van der Waals surface area (Å²) < 4.78 is 16.5. The van der Waals surface area contributed by atoms with Gasteiger partial charge in [0.05, 0.1) is 21.5 Å². The number of hydrogen-bond acceptors (Lipinski definition) is 8. The predicted octanol–water partition coefficient (Wildman–Crippen LogP) is 5.30. The van der Waals surface area contributed by atoms with Gasteiger partial charge in [-0.05, 0) is 66.6 Å². The van der Waals surface area contributed by atoms with Gasteiger partial charge in [0.2, 0.25) is 0 Å². The van der Waals surface area contributed by atoms with Gasteiger partial charge in [0.25, 0.3) is 16.8 Å². The van der Waals surface area contributed by atoms with Crippen LogP contribution in [0.2, 0.25) is 5.02 Å². The summed E-state index contributed by atoms with van der Waals surface area (Å²) in [6, 6.07) is 9.30. The Kier molecular flexibility index (Phi) is 8.91. The minimum atomic E-state index is -0.471. The van der Waals surface area contributed by atoms with E-state index in [0.717, 1.165) is 17.3 Å². The first kappa shape index (κ1) is 25.5. The van der Waals surface area contributed by atoms with Crippen LogP contribution in [0, 0.1) is 10.1 Å². The fourth-order valence-corrected chi connectivity index (χ4v) is 4.29. The molecule has 11 heteroatoms. The van der Waals surface area contributed by atoms with Crippen LogP contribution in [-0.2, 0) is 16.1 Å². The van der Waals surface area contributed by atoms with Crippen molar-refractivity contribution < 1.29 is 28.7 Å². The van der Waals surface area contributed by atoms with Crippen LogP contribution < -0.4 is 9.47 Å². The van der Waals surface area contributed by atoms with Crippen molar-refractivity contribution in [1.82, 2.24) is 4.90 Å². The highest BCUT2D eigenvalue weighted by Crippen LogP contribution is 2.39. The number of ether oxygens (including phenoxy) is 3. The monoisotopic (exact) mass is 506 g/mol. The maximum Gasteiger partial charge on any atom is 0.293 e. The van der Waals surface area contributed by atoms with Crippen LogP contribution in [0.3, 0.4) is 0 Å². The molecule has 2 aromatic carbocycles. The van der Waals surface area contributed by atoms with Gasteiger partial charge in [0.15, 0.2) is 11.5 Å². The summed E-state index contributed by atoms with van der Waals surface area (Å²) >= 11 is 7.33. The summed E-state index contributed by atoms with van der Waals surface area (Å²) in [5.74, 6) is 0.327. The minimum Gasteiger partial charge on any atom is -0.490 e. The SMILES string of the molecule is CCOc1cc(/C=C2/SC(=O)N(CCCOC)C2=O)cc(Cl)c1OCc1ccc([N+](=O)[O-])cc1. The Labute approximate surface area is 205 Å². The largest absolute Gasteiger partial charge is 0.490 e. The first-order valence-electron chi connectivity index (χ1n) is 10.4. The molecule has 180 valence electrons. The number of imide groups is 1. The number of nitro groups is 1. The van der Waals surface area contributed by atoms with Crippen molar-refractivity contribution in [3.63, 3.8) is 0 Å². The molecule has 0 bridgehead atoms. The summed E-state index contributed by atoms with van der Waals surface area (Å²) in [4.78, 5) is 36.7. The molecule has 0 aliphatic carbocycles. The van der Waals surface area contributed by atoms with Gasteiger partial charge in [-0.15, -0.1) is 0 Å². The number of amides is 2. The van der Waals surface area contributed by atoms with E-state index < -0.39 is 4.92 Å². The lowest BCUT2D eigenvalue weighted by Crippen LogP contribution is -2.29. The quantitative estimate of drug-likeness (QED) is 0.175. The average Bonchev–Trinajstić information content (AvgIpc) is 3.06. The molecule has 0 unspecified atom stereocenters. The van der Waals surface area contributed by atoms with Crippen LogP contribution in [0.5, 0.6) is 11.5 Å². The second-order valence-corrected chi connectivity index (χ2v) is 8.56. The molecule has 1 saturated heterocycles. The number of hydrogen-bond donors (Lipinski definition) is 0. The van der Waals surface area contributed by atoms with Crippen LogP contribution in [0.1, 0.15) is 24.5 Å². The van der Waals surface area contributed by atoms with Gasteiger partial charge >= 0.3 is 0 Å². The summed E-state index contributed by atoms with van der Waals surface area (Å²) in [7, 11) is 1.56. The highest BCUT2D eigenvalue weighted by atomic mass is 35.5. The van der Waals surface area contributed by atoms with E-state index in [4.69, 9.17) is 25.8 Å². The lowest BCUT2D eigenvalue weighted by molar-refractivity contribution is -0.384. The smallest absolute Gasteiger partial charge is 0.293 e. The van der Waals surface area contributed by atoms with Crippen molar-refractivity contribution in [3.05, 3.63) is 67.6 Å². The third-order valence-corrected chi connectivity index (χ3v) is 5.95. The van der Waals surface area contributed by atoms with E-state index in [1.165, 1.54) is 17.0 Å². The Morgan fingerprint density at radius 3 is 2.56 bits per heavy atom. The molecule has 0 saturated carbocycles. The molecule has 0 spiro atoms. The average molecular weight is 507 g/mol. The van der Waals surface area contributed by atoms with E-state index in [1.807, 2.05) is 6.92 Å². The fourth-order valence-electron chi connectivity index (χ4n) is 3.15. The van der Waals surface area contributed by atoms with Gasteiger partial charge in [-0.3, -0.25) is 24.6 Å². The Hall–Kier alpha value is -3.08. The van der Waals surface area contributed by atoms with Crippen LogP contribution in [-0.4, -0.2) is 47.8 Å². The molecule has 9 nitrogen and oxygen atoms in total. The van der Waals surface area contributed by atoms with E-state index in [-0.39, 0.29) is 35.0 Å². The van der Waals surface area contributed by atoms with Gasteiger partial charge in [-0.2, -0.15) is 0 Å². The fraction of sp³-hybridized carbons (Fsp3) is 0.304. The van der Waals surface area contributed by atoms with Gasteiger partial charge in [-0.1, -0.05) is 11.6 Å². The number of nitro benzene ring substituents is 1. The van der Waals surface area contributed by atoms with Crippen molar-refractivity contribution in [3.8, 4) is 11.5 Å². The first-order chi connectivity index (χ1) is 16.3. The molecule has 1 heterocycles. The number of benzene rings is 2. The standard InChI is InChI=1S/C23H23ClN2O7S/c1-3-32-19-12-16(13-20-22(27)25(23(28)34-20)9-4-10-31-2)11-18(24)21(19)33-14-15-5-7-17(8-6-15)26(29)30/h5-8,11-13H,3-4,9-10,14H2,1-2H3/b20-13+. The van der Waals surface area contributed by atoms with Crippen LogP contribution >= 0.6 is 23.4 Å². The van der Waals surface area contributed by atoms with E-state index in [1.54, 1.807) is 37.5 Å². The number of nitrogens with zero attached hydrogens (tertiary/aromatic N) is 2. The third kappa shape index (κ3) is 6.28. The number of carbonyl (C=O) groups excluding carboxylic acids is 2. The van der Waals surface area contributed by atoms with Gasteiger partial charge in [0.1, 0.15) is 6.61 Å². The molecule has 0 atom stereocenters. The lowest BCUT2D eigenvalue weighted by atomic mass is 10.1. The summed E-state index contributed by atoms with van der Waals surface area (Å²) in [5, 5.41) is 10.7. The number of methoxy groups -OCH3 is 1. The summed E-state index contributed by atoms with van der Waals surface area (Å²) in [6.07, 6.45) is 2.15. The Morgan fingerprint density at radius 1 is 1.18 bits per heavy atom. The van der Waals surface area contributed by atoms with E-state index in [2.05, 4.69) is 0 Å². The van der Waals surface area contributed by atoms with Crippen molar-refractivity contribution >= 4 is 46.3 Å². The number of thioether (sulfide) groups is 1. The van der Waals surface area contributed by atoms with Crippen molar-refractivity contribution in [2.24, 2.45) is 0 Å². The highest BCUT2D eigenvalue weighted by Gasteiger charge is 2.34. The number of carbonyl (C=O) groups is 2. The van der Waals surface area contributed by atoms with Crippen LogP contribution in [0.25, 0.3) is 6.08 Å². The van der Waals surface area contributed by atoms with E-state index in [0.29, 0.717) is 41.6 Å². The second-order valence-electron chi connectivity index (χ2n) is 7.15. The number of halogens is 1. The van der Waals surface area contributed by atoms with E-state index in [9.17, 15) is 19.7 Å². The molecule has 3 rings (SSSR count). The molecule has 1 aliphatic rings. The molecule has 2 aromatic rings. The molecule has 0 aromatic heterocycles. The maximum atomic E-state index is 12.6. The Morgan fingerprint density at radius 2 is 1.91 bits per heavy atom. The zero-order valence-electron chi connectivity index (χ0n) is 18.6. The highest BCUT2D eigenvalue weighted by molar-refractivity contribution is 8.18. The molecular formula is C23H23ClN2O7S. The molecule has 0 radical (unpaired) electrons. The van der Waals surface area contributed by atoms with Gasteiger partial charge in [0, 0.05) is 32.4 Å². The molecule has 1 aliphatic heterocycles. The van der Waals surface area contributed by atoms with Crippen molar-refractivity contribution in [2.45, 2.75) is 20.0 Å². The van der Waals surface area contributed by atoms with Crippen molar-refractivity contribution in [1.29, 1.82) is 0 Å². The molecule has 0 N–H and O–H groups in total. The summed E-state index contributed by atoms with van der Waals surface area (Å²) in [6.45, 7) is 3.03. The molecular weight excluding hydrogens is 484 g/mol. The normalized spacial score (nSPS) is 14.7. The zero-order valence-corrected chi connectivity index (χ0v) is 20.2. The number of rotatable bonds is 11. The minimum absolute atomic E-state index is 0.00995. The lowest BCUT2D eigenvalue weighted by Gasteiger charge is -2.15. The van der Waals surface area contributed by atoms with Crippen molar-refractivity contribution in [2.75, 3.05) is 26.9 Å². The Balaban J connectivity index is 1.78. The molecule has 1 fully saturated rings. The molecule has 2 amide bonds. The summed E-state index contributed by atoms with van der Waals surface area (Å²) in [5.41, 5.74) is 1.29. The first-order valence-corrected chi connectivity index (χ1v) is 11.6. The predicted molar refractivity (Wildman–Crippen MR) is 129 cm³/mol. The van der Waals surface area contributed by atoms with Crippen LogP contribution in [0.15, 0.2) is 41.3 Å². The second kappa shape index (κ2) is 11.9. The number of non-ortho nitro benzene ring substituents is 1. The zero-order chi connectivity index (χ0) is 24.7. The van der Waals surface area contributed by atoms with Crippen LogP contribution in [0.4, 0.5) is 10.5 Å². The molecule has 34 heavy (non-hydrogen) atoms.